The molecule has 0 amide bonds. The van der Waals surface area contributed by atoms with Crippen LogP contribution in [0.4, 0.5) is 0 Å². The number of sulfonamides is 1. The van der Waals surface area contributed by atoms with Crippen molar-refractivity contribution in [1.29, 1.82) is 0 Å². The van der Waals surface area contributed by atoms with Gasteiger partial charge in [0.05, 0.1) is 17.7 Å². The molecule has 138 valence electrons. The maximum atomic E-state index is 12.2. The maximum Gasteiger partial charge on any atom is 0.331 e. The fourth-order valence-corrected chi connectivity index (χ4v) is 2.87. The molecule has 0 aliphatic carbocycles. The molecule has 1 aromatic carbocycles. The van der Waals surface area contributed by atoms with Gasteiger partial charge in [-0.25, -0.2) is 17.9 Å². The van der Waals surface area contributed by atoms with E-state index in [1.54, 1.807) is 24.3 Å². The zero-order valence-electron chi connectivity index (χ0n) is 14.3. The number of Topliss-reactive ketones (excluding diaryl/α,β-unsaturated/α-hetero) is 1. The van der Waals surface area contributed by atoms with Crippen molar-refractivity contribution in [2.45, 2.75) is 31.4 Å². The van der Waals surface area contributed by atoms with Crippen molar-refractivity contribution in [1.82, 2.24) is 4.72 Å². The molecule has 8 heteroatoms. The van der Waals surface area contributed by atoms with Gasteiger partial charge in [-0.1, -0.05) is 12.1 Å². The van der Waals surface area contributed by atoms with Crippen LogP contribution >= 0.6 is 0 Å². The topological polar surface area (TPSA) is 103 Å². The molecule has 0 spiro atoms. The molecule has 1 atom stereocenters. The third kappa shape index (κ3) is 5.68. The summed E-state index contributed by atoms with van der Waals surface area (Å²) in [7, 11) is -3.67. The Morgan fingerprint density at radius 1 is 1.23 bits per heavy atom. The van der Waals surface area contributed by atoms with Crippen molar-refractivity contribution >= 4 is 27.9 Å². The van der Waals surface area contributed by atoms with E-state index in [0.29, 0.717) is 11.3 Å². The van der Waals surface area contributed by atoms with Crippen molar-refractivity contribution in [3.05, 3.63) is 60.1 Å². The van der Waals surface area contributed by atoms with Gasteiger partial charge in [-0.15, -0.1) is 0 Å². The van der Waals surface area contributed by atoms with Crippen LogP contribution in [0.3, 0.4) is 0 Å². The summed E-state index contributed by atoms with van der Waals surface area (Å²) < 4.78 is 36.8. The second kappa shape index (κ2) is 8.59. The third-order valence-corrected chi connectivity index (χ3v) is 4.90. The number of rotatable bonds is 8. The number of carbonyl (C=O) groups excluding carboxylic acids is 2. The van der Waals surface area contributed by atoms with Gasteiger partial charge in [0.1, 0.15) is 5.76 Å². The molecular weight excluding hydrogens is 358 g/mol. The first-order valence-corrected chi connectivity index (χ1v) is 9.27. The molecule has 0 aliphatic heterocycles. The summed E-state index contributed by atoms with van der Waals surface area (Å²) in [6.07, 6.45) is 3.31. The number of hydrogen-bond donors (Lipinski definition) is 1. The summed E-state index contributed by atoms with van der Waals surface area (Å²) in [4.78, 5) is 22.7. The van der Waals surface area contributed by atoms with Gasteiger partial charge in [-0.2, -0.15) is 0 Å². The molecule has 2 rings (SSSR count). The van der Waals surface area contributed by atoms with Crippen molar-refractivity contribution < 1.29 is 27.2 Å². The summed E-state index contributed by atoms with van der Waals surface area (Å²) >= 11 is 0. The normalized spacial score (nSPS) is 12.8. The Morgan fingerprint density at radius 3 is 2.50 bits per heavy atom. The predicted molar refractivity (Wildman–Crippen MR) is 94.4 cm³/mol. The highest BCUT2D eigenvalue weighted by Crippen LogP contribution is 2.13. The first kappa shape index (κ1) is 19.6. The first-order chi connectivity index (χ1) is 12.3. The lowest BCUT2D eigenvalue weighted by atomic mass is 10.2. The van der Waals surface area contributed by atoms with E-state index in [2.05, 4.69) is 4.72 Å². The number of esters is 1. The second-order valence-electron chi connectivity index (χ2n) is 5.50. The fraction of sp³-hybridized carbons (Fsp3) is 0.222. The van der Waals surface area contributed by atoms with E-state index >= 15 is 0 Å². The Kier molecular flexibility index (Phi) is 6.48. The summed E-state index contributed by atoms with van der Waals surface area (Å²) in [6, 6.07) is 9.30. The predicted octanol–water partition coefficient (Wildman–Crippen LogP) is 2.29. The van der Waals surface area contributed by atoms with Crippen LogP contribution in [0.2, 0.25) is 0 Å². The number of ketones is 1. The summed E-state index contributed by atoms with van der Waals surface area (Å²) in [6.45, 7) is 2.88. The lowest BCUT2D eigenvalue weighted by Gasteiger charge is -2.07. The highest BCUT2D eigenvalue weighted by molar-refractivity contribution is 7.89. The molecule has 7 nitrogen and oxygen atoms in total. The van der Waals surface area contributed by atoms with Crippen LogP contribution < -0.4 is 4.72 Å². The van der Waals surface area contributed by atoms with Gasteiger partial charge in [-0.3, -0.25) is 4.79 Å². The Morgan fingerprint density at radius 2 is 1.92 bits per heavy atom. The molecule has 1 aromatic heterocycles. The minimum Gasteiger partial charge on any atom is -0.468 e. The lowest BCUT2D eigenvalue weighted by Crippen LogP contribution is -2.22. The molecule has 26 heavy (non-hydrogen) atoms. The number of ether oxygens (including phenoxy) is 1. The quantitative estimate of drug-likeness (QED) is 0.559. The standard InChI is InChI=1S/C18H19NO6S/c1-13(20)14(2)25-18(21)10-7-15-5-8-17(9-6-15)26(22,23)19-12-16-4-3-11-24-16/h3-11,14,19H,12H2,1-2H3/b10-7+. The SMILES string of the molecule is CC(=O)C(C)OC(=O)/C=C/c1ccc(S(=O)(=O)NCc2ccco2)cc1. The molecule has 1 unspecified atom stereocenters. The Hall–Kier alpha value is -2.71. The fourth-order valence-electron chi connectivity index (χ4n) is 1.88. The van der Waals surface area contributed by atoms with Gasteiger partial charge in [0, 0.05) is 6.08 Å². The molecule has 0 saturated heterocycles. The monoisotopic (exact) mass is 377 g/mol. The van der Waals surface area contributed by atoms with Crippen molar-refractivity contribution in [2.24, 2.45) is 0 Å². The lowest BCUT2D eigenvalue weighted by molar-refractivity contribution is -0.148. The van der Waals surface area contributed by atoms with Crippen LogP contribution in [0.25, 0.3) is 6.08 Å². The Labute approximate surface area is 151 Å². The van der Waals surface area contributed by atoms with Crippen LogP contribution in [-0.2, 0) is 30.9 Å². The minimum absolute atomic E-state index is 0.0527. The molecule has 1 N–H and O–H groups in total. The number of carbonyl (C=O) groups is 2. The van der Waals surface area contributed by atoms with Crippen LogP contribution in [0.5, 0.6) is 0 Å². The molecule has 0 fully saturated rings. The third-order valence-electron chi connectivity index (χ3n) is 3.48. The zero-order valence-corrected chi connectivity index (χ0v) is 15.2. The van der Waals surface area contributed by atoms with E-state index in [9.17, 15) is 18.0 Å². The highest BCUT2D eigenvalue weighted by atomic mass is 32.2. The zero-order chi connectivity index (χ0) is 19.2. The van der Waals surface area contributed by atoms with Gasteiger partial charge in [0.2, 0.25) is 10.0 Å². The number of nitrogens with one attached hydrogen (secondary N) is 1. The molecule has 0 aliphatic rings. The van der Waals surface area contributed by atoms with E-state index < -0.39 is 22.1 Å². The van der Waals surface area contributed by atoms with Crippen LogP contribution in [0.1, 0.15) is 25.2 Å². The van der Waals surface area contributed by atoms with Crippen molar-refractivity contribution in [3.8, 4) is 0 Å². The molecule has 0 bridgehead atoms. The van der Waals surface area contributed by atoms with Crippen LogP contribution in [0.15, 0.2) is 58.1 Å². The summed E-state index contributed by atoms with van der Waals surface area (Å²) in [5.74, 6) is -0.390. The number of hydrogen-bond acceptors (Lipinski definition) is 6. The van der Waals surface area contributed by atoms with Crippen LogP contribution in [0, 0.1) is 0 Å². The molecule has 0 radical (unpaired) electrons. The highest BCUT2D eigenvalue weighted by Gasteiger charge is 2.14. The van der Waals surface area contributed by atoms with E-state index in [-0.39, 0.29) is 17.2 Å². The van der Waals surface area contributed by atoms with Crippen molar-refractivity contribution in [2.75, 3.05) is 0 Å². The molecule has 2 aromatic rings. The van der Waals surface area contributed by atoms with Gasteiger partial charge < -0.3 is 9.15 Å². The molecule has 1 heterocycles. The van der Waals surface area contributed by atoms with Gasteiger partial charge in [0.25, 0.3) is 0 Å². The van der Waals surface area contributed by atoms with E-state index in [1.807, 2.05) is 0 Å². The van der Waals surface area contributed by atoms with Crippen molar-refractivity contribution in [3.63, 3.8) is 0 Å². The second-order valence-corrected chi connectivity index (χ2v) is 7.26. The molecule has 0 saturated carbocycles. The minimum atomic E-state index is -3.67. The van der Waals surface area contributed by atoms with E-state index in [1.165, 1.54) is 44.4 Å². The van der Waals surface area contributed by atoms with Gasteiger partial charge in [-0.05, 0) is 49.8 Å². The first-order valence-electron chi connectivity index (χ1n) is 7.79. The summed E-state index contributed by atoms with van der Waals surface area (Å²) in [5, 5.41) is 0. The summed E-state index contributed by atoms with van der Waals surface area (Å²) in [5.41, 5.74) is 0.613. The average Bonchev–Trinajstić information content (AvgIpc) is 3.12. The van der Waals surface area contributed by atoms with Crippen LogP contribution in [-0.4, -0.2) is 26.3 Å². The Balaban J connectivity index is 1.97. The van der Waals surface area contributed by atoms with Gasteiger partial charge in [0.15, 0.2) is 11.9 Å². The largest absolute Gasteiger partial charge is 0.468 e. The smallest absolute Gasteiger partial charge is 0.331 e. The average molecular weight is 377 g/mol. The number of furan rings is 1. The maximum absolute atomic E-state index is 12.2. The van der Waals surface area contributed by atoms with E-state index in [0.717, 1.165) is 0 Å². The Bertz CT molecular complexity index is 882. The van der Waals surface area contributed by atoms with Gasteiger partial charge >= 0.3 is 5.97 Å². The van der Waals surface area contributed by atoms with E-state index in [4.69, 9.17) is 9.15 Å². The molecular formula is C18H19NO6S. The number of benzene rings is 1.